The van der Waals surface area contributed by atoms with Crippen LogP contribution in [0.4, 0.5) is 0 Å². The van der Waals surface area contributed by atoms with Crippen molar-refractivity contribution in [3.05, 3.63) is 101 Å². The molecule has 1 heterocycles. The number of thiazole rings is 1. The Balaban J connectivity index is 1.72. The molecule has 3 nitrogen and oxygen atoms in total. The first-order chi connectivity index (χ1) is 14.1. The smallest absolute Gasteiger partial charge is 0.255 e. The van der Waals surface area contributed by atoms with Gasteiger partial charge in [0.25, 0.3) is 5.91 Å². The normalized spacial score (nSPS) is 11.8. The van der Waals surface area contributed by atoms with Crippen LogP contribution in [0.5, 0.6) is 0 Å². The van der Waals surface area contributed by atoms with Crippen LogP contribution < -0.4 is 5.32 Å². The Morgan fingerprint density at radius 2 is 1.62 bits per heavy atom. The Bertz CT molecular complexity index is 1130. The molecule has 3 aromatic carbocycles. The van der Waals surface area contributed by atoms with Crippen molar-refractivity contribution in [3.8, 4) is 0 Å². The topological polar surface area (TPSA) is 42.0 Å². The Morgan fingerprint density at radius 1 is 0.931 bits per heavy atom. The summed E-state index contributed by atoms with van der Waals surface area (Å²) in [6, 6.07) is 25.7. The molecular weight excluding hydrogens is 376 g/mol. The van der Waals surface area contributed by atoms with Crippen molar-refractivity contribution >= 4 is 39.2 Å². The zero-order valence-electron chi connectivity index (χ0n) is 16.4. The van der Waals surface area contributed by atoms with Crippen LogP contribution in [0.25, 0.3) is 22.0 Å². The molecule has 0 saturated heterocycles. The summed E-state index contributed by atoms with van der Waals surface area (Å²) in [6.07, 6.45) is 1.99. The van der Waals surface area contributed by atoms with Gasteiger partial charge in [-0.25, -0.2) is 4.98 Å². The molecule has 4 heteroatoms. The number of aromatic nitrogens is 1. The number of fused-ring (bicyclic) bond motifs is 1. The summed E-state index contributed by atoms with van der Waals surface area (Å²) in [7, 11) is 0. The van der Waals surface area contributed by atoms with E-state index < -0.39 is 0 Å². The SMILES string of the molecule is CC(C)c1ccc(/C=C(/NC(=O)c2ccccc2)c2nc3ccccc3s2)cc1. The van der Waals surface area contributed by atoms with E-state index in [0.717, 1.165) is 20.8 Å². The molecule has 0 aliphatic carbocycles. The number of benzene rings is 3. The highest BCUT2D eigenvalue weighted by Gasteiger charge is 2.13. The molecular formula is C25H22N2OS. The summed E-state index contributed by atoms with van der Waals surface area (Å²) >= 11 is 1.58. The van der Waals surface area contributed by atoms with E-state index in [0.29, 0.717) is 17.2 Å². The maximum Gasteiger partial charge on any atom is 0.255 e. The fourth-order valence-electron chi connectivity index (χ4n) is 3.07. The largest absolute Gasteiger partial charge is 0.319 e. The number of rotatable bonds is 5. The monoisotopic (exact) mass is 398 g/mol. The lowest BCUT2D eigenvalue weighted by Crippen LogP contribution is -2.21. The lowest BCUT2D eigenvalue weighted by atomic mass is 10.0. The maximum atomic E-state index is 12.8. The number of nitrogens with zero attached hydrogens (tertiary/aromatic N) is 1. The highest BCUT2D eigenvalue weighted by molar-refractivity contribution is 7.19. The number of hydrogen-bond acceptors (Lipinski definition) is 3. The summed E-state index contributed by atoms with van der Waals surface area (Å²) in [6.45, 7) is 4.36. The van der Waals surface area contributed by atoms with Crippen LogP contribution in [-0.2, 0) is 0 Å². The molecule has 1 N–H and O–H groups in total. The van der Waals surface area contributed by atoms with Crippen molar-refractivity contribution in [3.63, 3.8) is 0 Å². The highest BCUT2D eigenvalue weighted by Crippen LogP contribution is 2.27. The molecule has 4 aromatic rings. The molecule has 0 atom stereocenters. The molecule has 0 aliphatic heterocycles. The van der Waals surface area contributed by atoms with Crippen LogP contribution in [0.3, 0.4) is 0 Å². The van der Waals surface area contributed by atoms with Crippen LogP contribution in [0, 0.1) is 0 Å². The predicted octanol–water partition coefficient (Wildman–Crippen LogP) is 6.35. The fraction of sp³-hybridized carbons (Fsp3) is 0.120. The van der Waals surface area contributed by atoms with E-state index >= 15 is 0 Å². The lowest BCUT2D eigenvalue weighted by molar-refractivity contribution is 0.0974. The number of nitrogens with one attached hydrogen (secondary N) is 1. The predicted molar refractivity (Wildman–Crippen MR) is 122 cm³/mol. The van der Waals surface area contributed by atoms with E-state index in [1.165, 1.54) is 5.56 Å². The maximum absolute atomic E-state index is 12.8. The summed E-state index contributed by atoms with van der Waals surface area (Å²) in [5.74, 6) is 0.337. The van der Waals surface area contributed by atoms with E-state index in [2.05, 4.69) is 43.4 Å². The van der Waals surface area contributed by atoms with Gasteiger partial charge in [-0.05, 0) is 47.4 Å². The minimum absolute atomic E-state index is 0.144. The van der Waals surface area contributed by atoms with Crippen molar-refractivity contribution in [1.29, 1.82) is 0 Å². The van der Waals surface area contributed by atoms with Crippen molar-refractivity contribution in [2.45, 2.75) is 19.8 Å². The van der Waals surface area contributed by atoms with E-state index in [-0.39, 0.29) is 5.91 Å². The molecule has 29 heavy (non-hydrogen) atoms. The lowest BCUT2D eigenvalue weighted by Gasteiger charge is -2.09. The average molecular weight is 399 g/mol. The molecule has 1 amide bonds. The van der Waals surface area contributed by atoms with Gasteiger partial charge in [-0.1, -0.05) is 68.4 Å². The fourth-order valence-corrected chi connectivity index (χ4v) is 4.00. The molecule has 1 aromatic heterocycles. The molecule has 4 rings (SSSR count). The summed E-state index contributed by atoms with van der Waals surface area (Å²) in [4.78, 5) is 17.5. The Morgan fingerprint density at radius 3 is 2.31 bits per heavy atom. The highest BCUT2D eigenvalue weighted by atomic mass is 32.1. The first-order valence-corrected chi connectivity index (χ1v) is 10.5. The van der Waals surface area contributed by atoms with Crippen LogP contribution in [0.2, 0.25) is 0 Å². The van der Waals surface area contributed by atoms with E-state index in [4.69, 9.17) is 4.98 Å². The molecule has 0 spiro atoms. The number of para-hydroxylation sites is 1. The third kappa shape index (κ3) is 4.44. The second-order valence-corrected chi connectivity index (χ2v) is 8.22. The van der Waals surface area contributed by atoms with Gasteiger partial charge in [-0.2, -0.15) is 0 Å². The molecule has 0 radical (unpaired) electrons. The van der Waals surface area contributed by atoms with E-state index in [9.17, 15) is 4.79 Å². The minimum Gasteiger partial charge on any atom is -0.319 e. The molecule has 0 fully saturated rings. The summed E-state index contributed by atoms with van der Waals surface area (Å²) < 4.78 is 1.09. The zero-order valence-corrected chi connectivity index (χ0v) is 17.2. The van der Waals surface area contributed by atoms with Crippen molar-refractivity contribution < 1.29 is 4.79 Å². The first kappa shape index (κ1) is 19.1. The van der Waals surface area contributed by atoms with Crippen LogP contribution in [-0.4, -0.2) is 10.9 Å². The molecule has 0 unspecified atom stereocenters. The Labute approximate surface area is 174 Å². The Kier molecular flexibility index (Phi) is 5.54. The average Bonchev–Trinajstić information content (AvgIpc) is 3.18. The third-order valence-electron chi connectivity index (χ3n) is 4.72. The molecule has 0 bridgehead atoms. The second-order valence-electron chi connectivity index (χ2n) is 7.19. The van der Waals surface area contributed by atoms with Crippen LogP contribution in [0.15, 0.2) is 78.9 Å². The van der Waals surface area contributed by atoms with Gasteiger partial charge in [0, 0.05) is 5.56 Å². The van der Waals surface area contributed by atoms with Gasteiger partial charge >= 0.3 is 0 Å². The van der Waals surface area contributed by atoms with Gasteiger partial charge in [0.1, 0.15) is 5.01 Å². The van der Waals surface area contributed by atoms with Gasteiger partial charge in [0.2, 0.25) is 0 Å². The van der Waals surface area contributed by atoms with Gasteiger partial charge in [0.05, 0.1) is 15.9 Å². The standard InChI is InChI=1S/C25H22N2OS/c1-17(2)19-14-12-18(13-15-19)16-22(26-24(28)20-8-4-3-5-9-20)25-27-21-10-6-7-11-23(21)29-25/h3-17H,1-2H3,(H,26,28)/b22-16+. The van der Waals surface area contributed by atoms with Gasteiger partial charge < -0.3 is 5.32 Å². The van der Waals surface area contributed by atoms with E-state index in [1.54, 1.807) is 11.3 Å². The van der Waals surface area contributed by atoms with Crippen LogP contribution >= 0.6 is 11.3 Å². The molecule has 144 valence electrons. The Hall–Kier alpha value is -3.24. The number of hydrogen-bond donors (Lipinski definition) is 1. The van der Waals surface area contributed by atoms with Gasteiger partial charge in [0.15, 0.2) is 0 Å². The van der Waals surface area contributed by atoms with Gasteiger partial charge in [-0.15, -0.1) is 11.3 Å². The summed E-state index contributed by atoms with van der Waals surface area (Å²) in [5, 5.41) is 3.86. The van der Waals surface area contributed by atoms with Crippen molar-refractivity contribution in [2.24, 2.45) is 0 Å². The number of carbonyl (C=O) groups is 1. The van der Waals surface area contributed by atoms with Gasteiger partial charge in [-0.3, -0.25) is 4.79 Å². The third-order valence-corrected chi connectivity index (χ3v) is 5.79. The van der Waals surface area contributed by atoms with Crippen molar-refractivity contribution in [2.75, 3.05) is 0 Å². The first-order valence-electron chi connectivity index (χ1n) is 9.64. The number of carbonyl (C=O) groups excluding carboxylic acids is 1. The number of amides is 1. The zero-order chi connectivity index (χ0) is 20.2. The minimum atomic E-state index is -0.144. The molecule has 0 aliphatic rings. The quantitative estimate of drug-likeness (QED) is 0.426. The summed E-state index contributed by atoms with van der Waals surface area (Å²) in [5.41, 5.74) is 4.57. The molecule has 0 saturated carbocycles. The van der Waals surface area contributed by atoms with E-state index in [1.807, 2.05) is 60.7 Å². The second kappa shape index (κ2) is 8.41. The van der Waals surface area contributed by atoms with Crippen LogP contribution in [0.1, 0.15) is 46.3 Å². The van der Waals surface area contributed by atoms with Crippen molar-refractivity contribution in [1.82, 2.24) is 10.3 Å².